The number of ether oxygens (including phenoxy) is 3. The van der Waals surface area contributed by atoms with Crippen LogP contribution in [0.5, 0.6) is 17.2 Å². The number of fused-ring (bicyclic) bond motifs is 1. The highest BCUT2D eigenvalue weighted by Crippen LogP contribution is 2.29. The van der Waals surface area contributed by atoms with Crippen molar-refractivity contribution in [2.45, 2.75) is 6.54 Å². The number of nitrogens with zero attached hydrogens (tertiary/aromatic N) is 2. The molecule has 1 heterocycles. The van der Waals surface area contributed by atoms with Crippen LogP contribution in [0.1, 0.15) is 0 Å². The number of amides is 1. The molecular formula is C19H19N3O5. The minimum Gasteiger partial charge on any atom is -0.495 e. The van der Waals surface area contributed by atoms with E-state index in [1.54, 1.807) is 36.4 Å². The molecule has 27 heavy (non-hydrogen) atoms. The summed E-state index contributed by atoms with van der Waals surface area (Å²) < 4.78 is 16.9. The number of anilines is 1. The molecule has 0 atom stereocenters. The second kappa shape index (κ2) is 7.77. The van der Waals surface area contributed by atoms with Gasteiger partial charge in [-0.1, -0.05) is 12.1 Å². The smallest absolute Gasteiger partial charge is 0.261 e. The monoisotopic (exact) mass is 369 g/mol. The van der Waals surface area contributed by atoms with Crippen LogP contribution < -0.4 is 25.1 Å². The number of carbonyl (C=O) groups is 1. The maximum absolute atomic E-state index is 12.7. The third-order valence-corrected chi connectivity index (χ3v) is 4.02. The van der Waals surface area contributed by atoms with Gasteiger partial charge in [-0.15, -0.1) is 0 Å². The fourth-order valence-electron chi connectivity index (χ4n) is 2.69. The van der Waals surface area contributed by atoms with Crippen LogP contribution in [0.3, 0.4) is 0 Å². The van der Waals surface area contributed by atoms with Crippen molar-refractivity contribution in [3.8, 4) is 17.2 Å². The van der Waals surface area contributed by atoms with Crippen LogP contribution in [0.25, 0.3) is 10.9 Å². The highest BCUT2D eigenvalue weighted by Gasteiger charge is 2.13. The van der Waals surface area contributed by atoms with Crippen LogP contribution in [0, 0.1) is 0 Å². The first-order valence-corrected chi connectivity index (χ1v) is 8.11. The van der Waals surface area contributed by atoms with Crippen LogP contribution in [-0.4, -0.2) is 36.8 Å². The molecule has 0 radical (unpaired) electrons. The molecule has 3 aromatic rings. The zero-order chi connectivity index (χ0) is 19.4. The van der Waals surface area contributed by atoms with E-state index in [0.29, 0.717) is 33.8 Å². The van der Waals surface area contributed by atoms with Crippen molar-refractivity contribution in [1.82, 2.24) is 9.55 Å². The molecule has 3 rings (SSSR count). The Morgan fingerprint density at radius 3 is 2.41 bits per heavy atom. The Hall–Kier alpha value is -3.55. The third-order valence-electron chi connectivity index (χ3n) is 4.02. The SMILES string of the molecule is COc1ccccc1NC(=O)Cn1cnc2cc(OC)c(OC)cc2c1=O. The van der Waals surface area contributed by atoms with Crippen molar-refractivity contribution in [2.75, 3.05) is 26.6 Å². The van der Waals surface area contributed by atoms with Crippen LogP contribution in [0.2, 0.25) is 0 Å². The molecule has 1 aromatic heterocycles. The summed E-state index contributed by atoms with van der Waals surface area (Å²) in [5.74, 6) is 1.05. The molecule has 2 aromatic carbocycles. The fraction of sp³-hybridized carbons (Fsp3) is 0.211. The van der Waals surface area contributed by atoms with Gasteiger partial charge in [0.05, 0.1) is 44.2 Å². The summed E-state index contributed by atoms with van der Waals surface area (Å²) >= 11 is 0. The van der Waals surface area contributed by atoms with E-state index < -0.39 is 0 Å². The van der Waals surface area contributed by atoms with Crippen LogP contribution in [-0.2, 0) is 11.3 Å². The zero-order valence-corrected chi connectivity index (χ0v) is 15.2. The van der Waals surface area contributed by atoms with Crippen molar-refractivity contribution in [2.24, 2.45) is 0 Å². The maximum atomic E-state index is 12.7. The lowest BCUT2D eigenvalue weighted by molar-refractivity contribution is -0.116. The molecule has 0 bridgehead atoms. The summed E-state index contributed by atoms with van der Waals surface area (Å²) in [6.07, 6.45) is 1.33. The number of carbonyl (C=O) groups excluding carboxylic acids is 1. The van der Waals surface area contributed by atoms with Gasteiger partial charge in [-0.05, 0) is 18.2 Å². The fourth-order valence-corrected chi connectivity index (χ4v) is 2.69. The Bertz CT molecular complexity index is 1050. The molecule has 8 nitrogen and oxygen atoms in total. The molecular weight excluding hydrogens is 350 g/mol. The largest absolute Gasteiger partial charge is 0.495 e. The number of hydrogen-bond donors (Lipinski definition) is 1. The van der Waals surface area contributed by atoms with Crippen molar-refractivity contribution in [3.63, 3.8) is 0 Å². The molecule has 0 aliphatic carbocycles. The van der Waals surface area contributed by atoms with E-state index in [1.165, 1.54) is 32.2 Å². The number of hydrogen-bond acceptors (Lipinski definition) is 6. The highest BCUT2D eigenvalue weighted by molar-refractivity contribution is 5.92. The Morgan fingerprint density at radius 1 is 1.04 bits per heavy atom. The van der Waals surface area contributed by atoms with Gasteiger partial charge in [-0.25, -0.2) is 4.98 Å². The minimum atomic E-state index is -0.372. The number of nitrogens with one attached hydrogen (secondary N) is 1. The van der Waals surface area contributed by atoms with E-state index in [2.05, 4.69) is 10.3 Å². The highest BCUT2D eigenvalue weighted by atomic mass is 16.5. The zero-order valence-electron chi connectivity index (χ0n) is 15.2. The van der Waals surface area contributed by atoms with Gasteiger partial charge in [0.25, 0.3) is 5.56 Å². The lowest BCUT2D eigenvalue weighted by Crippen LogP contribution is -2.28. The molecule has 0 aliphatic rings. The Morgan fingerprint density at radius 2 is 1.70 bits per heavy atom. The third kappa shape index (κ3) is 3.69. The molecule has 8 heteroatoms. The molecule has 0 unspecified atom stereocenters. The first kappa shape index (κ1) is 18.2. The Labute approximate surface area is 155 Å². The molecule has 0 aliphatic heterocycles. The van der Waals surface area contributed by atoms with Gasteiger partial charge in [0.1, 0.15) is 12.3 Å². The van der Waals surface area contributed by atoms with Crippen LogP contribution >= 0.6 is 0 Å². The second-order valence-electron chi connectivity index (χ2n) is 5.65. The summed E-state index contributed by atoms with van der Waals surface area (Å²) in [6.45, 7) is -0.186. The first-order chi connectivity index (χ1) is 13.1. The Balaban J connectivity index is 1.89. The van der Waals surface area contributed by atoms with Crippen LogP contribution in [0.4, 0.5) is 5.69 Å². The molecule has 0 fully saturated rings. The second-order valence-corrected chi connectivity index (χ2v) is 5.65. The van der Waals surface area contributed by atoms with Crippen molar-refractivity contribution in [3.05, 3.63) is 53.1 Å². The molecule has 1 N–H and O–H groups in total. The molecule has 1 amide bonds. The summed E-state index contributed by atoms with van der Waals surface area (Å²) in [6, 6.07) is 10.2. The molecule has 140 valence electrons. The topological polar surface area (TPSA) is 91.7 Å². The van der Waals surface area contributed by atoms with Gasteiger partial charge in [-0.2, -0.15) is 0 Å². The lowest BCUT2D eigenvalue weighted by Gasteiger charge is -2.12. The van der Waals surface area contributed by atoms with Gasteiger partial charge in [0.15, 0.2) is 11.5 Å². The van der Waals surface area contributed by atoms with E-state index in [0.717, 1.165) is 0 Å². The summed E-state index contributed by atoms with van der Waals surface area (Å²) in [5.41, 5.74) is 0.633. The van der Waals surface area contributed by atoms with E-state index >= 15 is 0 Å². The number of rotatable bonds is 6. The van der Waals surface area contributed by atoms with Gasteiger partial charge in [0.2, 0.25) is 5.91 Å². The summed E-state index contributed by atoms with van der Waals surface area (Å²) in [7, 11) is 4.51. The molecule has 0 saturated heterocycles. The lowest BCUT2D eigenvalue weighted by atomic mass is 10.2. The van der Waals surface area contributed by atoms with Gasteiger partial charge in [-0.3, -0.25) is 14.2 Å². The van der Waals surface area contributed by atoms with Gasteiger partial charge >= 0.3 is 0 Å². The van der Waals surface area contributed by atoms with Crippen molar-refractivity contribution >= 4 is 22.5 Å². The van der Waals surface area contributed by atoms with Gasteiger partial charge in [0, 0.05) is 6.07 Å². The molecule has 0 saturated carbocycles. The van der Waals surface area contributed by atoms with Crippen molar-refractivity contribution in [1.29, 1.82) is 0 Å². The number of aromatic nitrogens is 2. The van der Waals surface area contributed by atoms with E-state index in [4.69, 9.17) is 14.2 Å². The predicted molar refractivity (Wildman–Crippen MR) is 101 cm³/mol. The first-order valence-electron chi connectivity index (χ1n) is 8.11. The number of benzene rings is 2. The van der Waals surface area contributed by atoms with Crippen LogP contribution in [0.15, 0.2) is 47.5 Å². The number of methoxy groups -OCH3 is 3. The average molecular weight is 369 g/mol. The standard InChI is InChI=1S/C19H19N3O5/c1-25-15-7-5-4-6-13(15)21-18(23)10-22-11-20-14-9-17(27-3)16(26-2)8-12(14)19(22)24/h4-9,11H,10H2,1-3H3,(H,21,23). The average Bonchev–Trinajstić information content (AvgIpc) is 2.69. The number of para-hydroxylation sites is 2. The van der Waals surface area contributed by atoms with E-state index in [-0.39, 0.29) is 18.0 Å². The maximum Gasteiger partial charge on any atom is 0.261 e. The molecule has 0 spiro atoms. The quantitative estimate of drug-likeness (QED) is 0.715. The van der Waals surface area contributed by atoms with Crippen molar-refractivity contribution < 1.29 is 19.0 Å². The predicted octanol–water partition coefficient (Wildman–Crippen LogP) is 2.06. The van der Waals surface area contributed by atoms with Gasteiger partial charge < -0.3 is 19.5 Å². The van der Waals surface area contributed by atoms with E-state index in [9.17, 15) is 9.59 Å². The Kier molecular flexibility index (Phi) is 5.25. The van der Waals surface area contributed by atoms with E-state index in [1.807, 2.05) is 0 Å². The minimum absolute atomic E-state index is 0.186. The summed E-state index contributed by atoms with van der Waals surface area (Å²) in [4.78, 5) is 29.3. The summed E-state index contributed by atoms with van der Waals surface area (Å²) in [5, 5.41) is 3.06. The normalized spacial score (nSPS) is 10.5.